The molecule has 0 radical (unpaired) electrons. The summed E-state index contributed by atoms with van der Waals surface area (Å²) in [7, 11) is -2.53. The SMILES string of the molecule is COc1ccc(S(=O)(=O)NC2CCCNC2C)cc1[N+](=O)[O-].Cl. The molecule has 1 aromatic rings. The Morgan fingerprint density at radius 1 is 1.43 bits per heavy atom. The third kappa shape index (κ3) is 4.54. The van der Waals surface area contributed by atoms with Gasteiger partial charge in [-0.05, 0) is 38.4 Å². The zero-order chi connectivity index (χ0) is 16.3. The molecular formula is C13H20ClN3O5S. The minimum absolute atomic E-state index is 0. The number of halogens is 1. The van der Waals surface area contributed by atoms with Crippen molar-refractivity contribution in [3.63, 3.8) is 0 Å². The Morgan fingerprint density at radius 3 is 2.70 bits per heavy atom. The van der Waals surface area contributed by atoms with Crippen molar-refractivity contribution in [1.29, 1.82) is 0 Å². The van der Waals surface area contributed by atoms with Crippen molar-refractivity contribution in [2.24, 2.45) is 0 Å². The molecule has 1 aliphatic heterocycles. The number of piperidine rings is 1. The highest BCUT2D eigenvalue weighted by Crippen LogP contribution is 2.29. The normalized spacial score (nSPS) is 21.3. The van der Waals surface area contributed by atoms with Crippen molar-refractivity contribution in [3.8, 4) is 5.75 Å². The van der Waals surface area contributed by atoms with Crippen molar-refractivity contribution in [2.75, 3.05) is 13.7 Å². The highest BCUT2D eigenvalue weighted by Gasteiger charge is 2.28. The lowest BCUT2D eigenvalue weighted by molar-refractivity contribution is -0.386. The number of nitro groups is 1. The van der Waals surface area contributed by atoms with Gasteiger partial charge in [0.1, 0.15) is 0 Å². The van der Waals surface area contributed by atoms with Crippen LogP contribution in [0.3, 0.4) is 0 Å². The third-order valence-electron chi connectivity index (χ3n) is 3.73. The van der Waals surface area contributed by atoms with Gasteiger partial charge < -0.3 is 10.1 Å². The van der Waals surface area contributed by atoms with Gasteiger partial charge in [0.15, 0.2) is 5.75 Å². The van der Waals surface area contributed by atoms with Gasteiger partial charge in [0.25, 0.3) is 0 Å². The molecule has 2 N–H and O–H groups in total. The number of sulfonamides is 1. The van der Waals surface area contributed by atoms with Gasteiger partial charge in [0.05, 0.1) is 16.9 Å². The maximum absolute atomic E-state index is 12.4. The molecule has 1 saturated heterocycles. The predicted octanol–water partition coefficient (Wildman–Crippen LogP) is 1.44. The summed E-state index contributed by atoms with van der Waals surface area (Å²) < 4.78 is 32.3. The van der Waals surface area contributed by atoms with E-state index in [4.69, 9.17) is 4.74 Å². The third-order valence-corrected chi connectivity index (χ3v) is 5.21. The average molecular weight is 366 g/mol. The molecule has 0 saturated carbocycles. The molecule has 1 aliphatic rings. The summed E-state index contributed by atoms with van der Waals surface area (Å²) in [5, 5.41) is 14.2. The maximum Gasteiger partial charge on any atom is 0.312 e. The fraction of sp³-hybridized carbons (Fsp3) is 0.538. The molecule has 2 rings (SSSR count). The molecule has 130 valence electrons. The number of benzene rings is 1. The molecule has 0 spiro atoms. The first-order chi connectivity index (χ1) is 10.3. The zero-order valence-corrected chi connectivity index (χ0v) is 14.4. The molecule has 10 heteroatoms. The van der Waals surface area contributed by atoms with Crippen molar-refractivity contribution in [2.45, 2.75) is 36.7 Å². The topological polar surface area (TPSA) is 111 Å². The Labute approximate surface area is 141 Å². The fourth-order valence-electron chi connectivity index (χ4n) is 2.45. The first-order valence-electron chi connectivity index (χ1n) is 6.93. The van der Waals surface area contributed by atoms with Crippen molar-refractivity contribution in [3.05, 3.63) is 28.3 Å². The smallest absolute Gasteiger partial charge is 0.312 e. The first kappa shape index (κ1) is 19.6. The van der Waals surface area contributed by atoms with Gasteiger partial charge >= 0.3 is 5.69 Å². The minimum atomic E-state index is -3.82. The molecule has 1 fully saturated rings. The van der Waals surface area contributed by atoms with Crippen LogP contribution in [-0.2, 0) is 10.0 Å². The van der Waals surface area contributed by atoms with Crippen LogP contribution in [0.15, 0.2) is 23.1 Å². The summed E-state index contributed by atoms with van der Waals surface area (Å²) in [5.41, 5.74) is -0.375. The van der Waals surface area contributed by atoms with E-state index in [0.717, 1.165) is 25.5 Å². The van der Waals surface area contributed by atoms with Crippen LogP contribution in [0.1, 0.15) is 19.8 Å². The molecule has 0 aromatic heterocycles. The Hall–Kier alpha value is -1.42. The highest BCUT2D eigenvalue weighted by molar-refractivity contribution is 7.89. The zero-order valence-electron chi connectivity index (χ0n) is 12.8. The monoisotopic (exact) mass is 365 g/mol. The predicted molar refractivity (Wildman–Crippen MR) is 87.7 cm³/mol. The van der Waals surface area contributed by atoms with E-state index < -0.39 is 14.9 Å². The molecule has 0 bridgehead atoms. The maximum atomic E-state index is 12.4. The van der Waals surface area contributed by atoms with Crippen molar-refractivity contribution < 1.29 is 18.1 Å². The second-order valence-corrected chi connectivity index (χ2v) is 6.92. The Kier molecular flexibility index (Phi) is 6.75. The standard InChI is InChI=1S/C13H19N3O5S.ClH/c1-9-11(4-3-7-14-9)15-22(19,20)10-5-6-13(21-2)12(8-10)16(17)18;/h5-6,8-9,11,14-15H,3-4,7H2,1-2H3;1H. The van der Waals surface area contributed by atoms with Gasteiger partial charge in [-0.25, -0.2) is 13.1 Å². The lowest BCUT2D eigenvalue weighted by Gasteiger charge is -2.30. The molecule has 1 heterocycles. The molecule has 0 amide bonds. The van der Waals surface area contributed by atoms with Crippen LogP contribution in [0.25, 0.3) is 0 Å². The molecule has 2 atom stereocenters. The Morgan fingerprint density at radius 2 is 2.13 bits per heavy atom. The number of rotatable bonds is 5. The fourth-order valence-corrected chi connectivity index (χ4v) is 3.82. The Balaban J connectivity index is 0.00000264. The van der Waals surface area contributed by atoms with Gasteiger partial charge in [0.2, 0.25) is 10.0 Å². The van der Waals surface area contributed by atoms with E-state index in [0.29, 0.717) is 0 Å². The summed E-state index contributed by atoms with van der Waals surface area (Å²) in [6.07, 6.45) is 1.60. The van der Waals surface area contributed by atoms with Gasteiger partial charge in [-0.2, -0.15) is 0 Å². The molecule has 0 aliphatic carbocycles. The summed E-state index contributed by atoms with van der Waals surface area (Å²) in [5.74, 6) is 0.0247. The van der Waals surface area contributed by atoms with E-state index in [1.54, 1.807) is 0 Å². The summed E-state index contributed by atoms with van der Waals surface area (Å²) in [6, 6.07) is 3.38. The molecule has 23 heavy (non-hydrogen) atoms. The number of methoxy groups -OCH3 is 1. The average Bonchev–Trinajstić information content (AvgIpc) is 2.48. The van der Waals surface area contributed by atoms with Crippen LogP contribution in [0.4, 0.5) is 5.69 Å². The molecular weight excluding hydrogens is 346 g/mol. The van der Waals surface area contributed by atoms with Crippen LogP contribution >= 0.6 is 12.4 Å². The quantitative estimate of drug-likeness (QED) is 0.603. The molecule has 8 nitrogen and oxygen atoms in total. The summed E-state index contributed by atoms with van der Waals surface area (Å²) in [4.78, 5) is 10.2. The van der Waals surface area contributed by atoms with Crippen LogP contribution < -0.4 is 14.8 Å². The molecule has 2 unspecified atom stereocenters. The lowest BCUT2D eigenvalue weighted by Crippen LogP contribution is -2.51. The largest absolute Gasteiger partial charge is 0.490 e. The Bertz CT molecular complexity index is 668. The van der Waals surface area contributed by atoms with Crippen LogP contribution in [0.5, 0.6) is 5.75 Å². The summed E-state index contributed by atoms with van der Waals surface area (Å²) >= 11 is 0. The number of ether oxygens (including phenoxy) is 1. The van der Waals surface area contributed by atoms with Crippen molar-refractivity contribution in [1.82, 2.24) is 10.0 Å². The number of nitrogens with one attached hydrogen (secondary N) is 2. The highest BCUT2D eigenvalue weighted by atomic mass is 35.5. The van der Waals surface area contributed by atoms with Gasteiger partial charge in [0, 0.05) is 18.2 Å². The van der Waals surface area contributed by atoms with Crippen molar-refractivity contribution >= 4 is 28.1 Å². The van der Waals surface area contributed by atoms with Crippen LogP contribution in [0.2, 0.25) is 0 Å². The lowest BCUT2D eigenvalue weighted by atomic mass is 10.0. The van der Waals surface area contributed by atoms with E-state index in [2.05, 4.69) is 10.0 Å². The number of hydrogen-bond donors (Lipinski definition) is 2. The number of nitro benzene ring substituents is 1. The van der Waals surface area contributed by atoms with E-state index in [9.17, 15) is 18.5 Å². The summed E-state index contributed by atoms with van der Waals surface area (Å²) in [6.45, 7) is 2.76. The first-order valence-corrected chi connectivity index (χ1v) is 8.41. The number of nitrogens with zero attached hydrogens (tertiary/aromatic N) is 1. The number of hydrogen-bond acceptors (Lipinski definition) is 6. The minimum Gasteiger partial charge on any atom is -0.490 e. The van der Waals surface area contributed by atoms with E-state index in [-0.39, 0.29) is 40.8 Å². The van der Waals surface area contributed by atoms with Gasteiger partial charge in [-0.3, -0.25) is 10.1 Å². The second-order valence-electron chi connectivity index (χ2n) is 5.20. The molecule has 1 aromatic carbocycles. The van der Waals surface area contributed by atoms with E-state index >= 15 is 0 Å². The van der Waals surface area contributed by atoms with Gasteiger partial charge in [-0.15, -0.1) is 12.4 Å². The van der Waals surface area contributed by atoms with E-state index in [1.807, 2.05) is 6.92 Å². The van der Waals surface area contributed by atoms with Gasteiger partial charge in [-0.1, -0.05) is 0 Å². The van der Waals surface area contributed by atoms with Crippen LogP contribution in [0, 0.1) is 10.1 Å². The second kappa shape index (κ2) is 7.91. The van der Waals surface area contributed by atoms with E-state index in [1.165, 1.54) is 19.2 Å². The van der Waals surface area contributed by atoms with Crippen LogP contribution in [-0.4, -0.2) is 39.1 Å².